The molecular formula is C23H32N2O4S. The van der Waals surface area contributed by atoms with Gasteiger partial charge in [-0.15, -0.1) is 0 Å². The Bertz CT molecular complexity index is 876. The van der Waals surface area contributed by atoms with E-state index in [1.807, 2.05) is 6.92 Å². The molecule has 1 aromatic rings. The molecule has 4 saturated carbocycles. The Morgan fingerprint density at radius 3 is 2.23 bits per heavy atom. The van der Waals surface area contributed by atoms with Gasteiger partial charge in [0.1, 0.15) is 0 Å². The van der Waals surface area contributed by atoms with E-state index >= 15 is 0 Å². The zero-order valence-electron chi connectivity index (χ0n) is 17.7. The quantitative estimate of drug-likeness (QED) is 0.716. The minimum absolute atomic E-state index is 0.0243. The van der Waals surface area contributed by atoms with Crippen LogP contribution in [0, 0.1) is 17.8 Å². The number of benzene rings is 1. The van der Waals surface area contributed by atoms with Crippen molar-refractivity contribution in [1.82, 2.24) is 4.72 Å². The Labute approximate surface area is 179 Å². The summed E-state index contributed by atoms with van der Waals surface area (Å²) in [6.45, 7) is 2.95. The van der Waals surface area contributed by atoms with Crippen LogP contribution in [0.25, 0.3) is 0 Å². The number of ether oxygens (including phenoxy) is 1. The molecule has 0 radical (unpaired) electrons. The number of anilines is 1. The molecule has 4 aliphatic carbocycles. The molecule has 1 heterocycles. The lowest BCUT2D eigenvalue weighted by Crippen LogP contribution is -2.53. The highest BCUT2D eigenvalue weighted by atomic mass is 32.2. The Hall–Kier alpha value is -1.44. The summed E-state index contributed by atoms with van der Waals surface area (Å²) in [7, 11) is -3.61. The molecular weight excluding hydrogens is 400 g/mol. The SMILES string of the molecule is C[C@H](CNS(=O)(=O)c1ccc(N2CCCC2=O)cc1)OC12CC3CC(CC(C3)C1)C2. The number of nitrogens with one attached hydrogen (secondary N) is 1. The molecule has 6 nitrogen and oxygen atoms in total. The molecule has 6 rings (SSSR count). The van der Waals surface area contributed by atoms with Crippen LogP contribution in [-0.4, -0.2) is 39.1 Å². The second kappa shape index (κ2) is 7.61. The number of sulfonamides is 1. The molecule has 1 saturated heterocycles. The van der Waals surface area contributed by atoms with Crippen LogP contribution in [0.2, 0.25) is 0 Å². The van der Waals surface area contributed by atoms with Crippen molar-refractivity contribution in [3.63, 3.8) is 0 Å². The van der Waals surface area contributed by atoms with Crippen LogP contribution in [0.1, 0.15) is 58.3 Å². The maximum absolute atomic E-state index is 12.8. The van der Waals surface area contributed by atoms with Crippen LogP contribution in [0.4, 0.5) is 5.69 Å². The summed E-state index contributed by atoms with van der Waals surface area (Å²) in [5.74, 6) is 2.52. The second-order valence-corrected chi connectivity index (χ2v) is 11.8. The van der Waals surface area contributed by atoms with Crippen molar-refractivity contribution < 1.29 is 17.9 Å². The number of nitrogens with zero attached hydrogens (tertiary/aromatic N) is 1. The first-order chi connectivity index (χ1) is 14.3. The van der Waals surface area contributed by atoms with Gasteiger partial charge in [0.2, 0.25) is 15.9 Å². The van der Waals surface area contributed by atoms with Crippen molar-refractivity contribution in [3.05, 3.63) is 24.3 Å². The number of carbonyl (C=O) groups is 1. The lowest BCUT2D eigenvalue weighted by atomic mass is 9.54. The molecule has 164 valence electrons. The van der Waals surface area contributed by atoms with Gasteiger partial charge in [-0.2, -0.15) is 0 Å². The summed E-state index contributed by atoms with van der Waals surface area (Å²) >= 11 is 0. The maximum Gasteiger partial charge on any atom is 0.240 e. The summed E-state index contributed by atoms with van der Waals surface area (Å²) < 4.78 is 34.7. The second-order valence-electron chi connectivity index (χ2n) is 10.0. The van der Waals surface area contributed by atoms with E-state index < -0.39 is 10.0 Å². The topological polar surface area (TPSA) is 75.7 Å². The zero-order valence-corrected chi connectivity index (χ0v) is 18.5. The number of rotatable bonds is 7. The fraction of sp³-hybridized carbons (Fsp3) is 0.696. The van der Waals surface area contributed by atoms with Gasteiger partial charge in [-0.1, -0.05) is 0 Å². The summed E-state index contributed by atoms with van der Waals surface area (Å²) in [5.41, 5.74) is 0.735. The Morgan fingerprint density at radius 1 is 1.10 bits per heavy atom. The van der Waals surface area contributed by atoms with Gasteiger partial charge < -0.3 is 9.64 Å². The highest BCUT2D eigenvalue weighted by Gasteiger charge is 2.52. The highest BCUT2D eigenvalue weighted by Crippen LogP contribution is 2.57. The van der Waals surface area contributed by atoms with Crippen molar-refractivity contribution in [3.8, 4) is 0 Å². The molecule has 0 aromatic heterocycles. The van der Waals surface area contributed by atoms with E-state index in [1.54, 1.807) is 29.2 Å². The van der Waals surface area contributed by atoms with Crippen LogP contribution in [0.15, 0.2) is 29.2 Å². The Kier molecular flexibility index (Phi) is 5.19. The van der Waals surface area contributed by atoms with Gasteiger partial charge >= 0.3 is 0 Å². The van der Waals surface area contributed by atoms with Crippen LogP contribution >= 0.6 is 0 Å². The summed E-state index contributed by atoms with van der Waals surface area (Å²) in [6.07, 6.45) is 8.78. The molecule has 1 N–H and O–H groups in total. The fourth-order valence-corrected chi connectivity index (χ4v) is 7.80. The molecule has 0 spiro atoms. The van der Waals surface area contributed by atoms with Gasteiger partial charge in [0.15, 0.2) is 0 Å². The third kappa shape index (κ3) is 3.92. The zero-order chi connectivity index (χ0) is 20.9. The number of hydrogen-bond acceptors (Lipinski definition) is 4. The molecule has 7 heteroatoms. The van der Waals surface area contributed by atoms with E-state index in [0.29, 0.717) is 13.0 Å². The van der Waals surface area contributed by atoms with Gasteiger partial charge in [0.25, 0.3) is 0 Å². The third-order valence-corrected chi connectivity index (χ3v) is 8.97. The first-order valence-electron chi connectivity index (χ1n) is 11.4. The third-order valence-electron chi connectivity index (χ3n) is 7.53. The van der Waals surface area contributed by atoms with E-state index in [1.165, 1.54) is 19.3 Å². The molecule has 4 bridgehead atoms. The normalized spacial score (nSPS) is 34.0. The largest absolute Gasteiger partial charge is 0.371 e. The number of amides is 1. The van der Waals surface area contributed by atoms with Crippen LogP contribution in [-0.2, 0) is 19.6 Å². The van der Waals surface area contributed by atoms with Crippen LogP contribution < -0.4 is 9.62 Å². The standard InChI is InChI=1S/C23H32N2O4S/c1-16(29-23-12-17-9-18(13-23)11-19(10-17)14-23)15-24-30(27,28)21-6-4-20(5-7-21)25-8-2-3-22(25)26/h4-7,16-19,24H,2-3,8-15H2,1H3/t16-,17?,18?,19?,23?/m1/s1. The number of hydrogen-bond donors (Lipinski definition) is 1. The van der Waals surface area contributed by atoms with Crippen molar-refractivity contribution in [2.24, 2.45) is 17.8 Å². The molecule has 1 aromatic carbocycles. The fourth-order valence-electron chi connectivity index (χ4n) is 6.68. The first-order valence-corrected chi connectivity index (χ1v) is 12.9. The molecule has 1 amide bonds. The molecule has 1 aliphatic heterocycles. The van der Waals surface area contributed by atoms with Crippen molar-refractivity contribution in [2.75, 3.05) is 18.0 Å². The van der Waals surface area contributed by atoms with E-state index in [-0.39, 0.29) is 29.1 Å². The van der Waals surface area contributed by atoms with Crippen molar-refractivity contribution in [1.29, 1.82) is 0 Å². The van der Waals surface area contributed by atoms with E-state index in [2.05, 4.69) is 4.72 Å². The van der Waals surface area contributed by atoms with Crippen molar-refractivity contribution >= 4 is 21.6 Å². The van der Waals surface area contributed by atoms with Gasteiger partial charge in [-0.3, -0.25) is 4.79 Å². The minimum Gasteiger partial charge on any atom is -0.371 e. The molecule has 0 unspecified atom stereocenters. The van der Waals surface area contributed by atoms with Crippen LogP contribution in [0.3, 0.4) is 0 Å². The van der Waals surface area contributed by atoms with Gasteiger partial charge in [0, 0.05) is 25.2 Å². The lowest BCUT2D eigenvalue weighted by molar-refractivity contribution is -0.182. The van der Waals surface area contributed by atoms with Gasteiger partial charge in [0.05, 0.1) is 16.6 Å². The molecule has 5 fully saturated rings. The van der Waals surface area contributed by atoms with E-state index in [9.17, 15) is 13.2 Å². The average molecular weight is 433 g/mol. The van der Waals surface area contributed by atoms with Gasteiger partial charge in [-0.25, -0.2) is 13.1 Å². The average Bonchev–Trinajstić information content (AvgIpc) is 3.11. The summed E-state index contributed by atoms with van der Waals surface area (Å²) in [5, 5.41) is 0. The highest BCUT2D eigenvalue weighted by molar-refractivity contribution is 7.89. The van der Waals surface area contributed by atoms with Gasteiger partial charge in [-0.05, 0) is 93.9 Å². The monoisotopic (exact) mass is 432 g/mol. The van der Waals surface area contributed by atoms with E-state index in [4.69, 9.17) is 4.74 Å². The Morgan fingerprint density at radius 2 is 1.70 bits per heavy atom. The minimum atomic E-state index is -3.61. The smallest absolute Gasteiger partial charge is 0.240 e. The molecule has 30 heavy (non-hydrogen) atoms. The Balaban J connectivity index is 1.19. The predicted molar refractivity (Wildman–Crippen MR) is 115 cm³/mol. The summed E-state index contributed by atoms with van der Waals surface area (Å²) in [4.78, 5) is 13.8. The predicted octanol–water partition coefficient (Wildman–Crippen LogP) is 3.47. The summed E-state index contributed by atoms with van der Waals surface area (Å²) in [6, 6.07) is 6.59. The number of carbonyl (C=O) groups excluding carboxylic acids is 1. The molecule has 1 atom stereocenters. The lowest BCUT2D eigenvalue weighted by Gasteiger charge is -2.57. The van der Waals surface area contributed by atoms with Crippen LogP contribution in [0.5, 0.6) is 0 Å². The maximum atomic E-state index is 12.8. The van der Waals surface area contributed by atoms with E-state index in [0.717, 1.165) is 49.1 Å². The first kappa shape index (κ1) is 20.5. The molecule has 5 aliphatic rings. The van der Waals surface area contributed by atoms with Crippen molar-refractivity contribution in [2.45, 2.75) is 74.9 Å².